The second-order valence-electron chi connectivity index (χ2n) is 7.24. The summed E-state index contributed by atoms with van der Waals surface area (Å²) in [6, 6.07) is 1.70. The highest BCUT2D eigenvalue weighted by Crippen LogP contribution is 2.41. The zero-order valence-corrected chi connectivity index (χ0v) is 16.8. The molecule has 2 saturated heterocycles. The Kier molecular flexibility index (Phi) is 5.32. The molecule has 0 spiro atoms. The van der Waals surface area contributed by atoms with Gasteiger partial charge in [0.05, 0.1) is 29.8 Å². The van der Waals surface area contributed by atoms with Crippen molar-refractivity contribution in [2.24, 2.45) is 0 Å². The van der Waals surface area contributed by atoms with Crippen molar-refractivity contribution in [1.29, 1.82) is 0 Å². The van der Waals surface area contributed by atoms with E-state index in [1.54, 1.807) is 6.07 Å². The highest BCUT2D eigenvalue weighted by Gasteiger charge is 2.34. The number of methoxy groups -OCH3 is 2. The normalized spacial score (nSPS) is 22.8. The van der Waals surface area contributed by atoms with Crippen molar-refractivity contribution in [2.45, 2.75) is 32.3 Å². The van der Waals surface area contributed by atoms with Crippen molar-refractivity contribution < 1.29 is 32.7 Å². The number of anilines is 2. The zero-order valence-electron chi connectivity index (χ0n) is 16.8. The number of carbonyl (C=O) groups is 1. The third kappa shape index (κ3) is 3.41. The van der Waals surface area contributed by atoms with Crippen LogP contribution in [0.2, 0.25) is 0 Å². The summed E-state index contributed by atoms with van der Waals surface area (Å²) in [5.41, 5.74) is 0.773. The molecule has 0 bridgehead atoms. The van der Waals surface area contributed by atoms with Gasteiger partial charge in [-0.25, -0.2) is 9.18 Å². The van der Waals surface area contributed by atoms with Crippen molar-refractivity contribution in [3.05, 3.63) is 17.4 Å². The fraction of sp³-hybridized carbons (Fsp3) is 0.579. The van der Waals surface area contributed by atoms with Crippen LogP contribution < -0.4 is 9.80 Å². The van der Waals surface area contributed by atoms with E-state index < -0.39 is 18.2 Å². The molecule has 4 rings (SSSR count). The van der Waals surface area contributed by atoms with Gasteiger partial charge < -0.3 is 28.4 Å². The lowest BCUT2D eigenvalue weighted by atomic mass is 10.0. The molecule has 2 aromatic rings. The van der Waals surface area contributed by atoms with Crippen LogP contribution in [-0.4, -0.2) is 63.9 Å². The van der Waals surface area contributed by atoms with Crippen LogP contribution in [0.5, 0.6) is 0 Å². The molecule has 158 valence electrons. The first-order valence-electron chi connectivity index (χ1n) is 9.46. The smallest absolute Gasteiger partial charge is 0.415 e. The van der Waals surface area contributed by atoms with E-state index in [1.807, 2.05) is 18.7 Å². The Morgan fingerprint density at radius 1 is 1.24 bits per heavy atom. The van der Waals surface area contributed by atoms with Crippen LogP contribution in [-0.2, 0) is 18.9 Å². The van der Waals surface area contributed by atoms with Crippen molar-refractivity contribution >= 4 is 28.6 Å². The zero-order chi connectivity index (χ0) is 20.7. The van der Waals surface area contributed by atoms with Gasteiger partial charge in [0.1, 0.15) is 6.61 Å². The van der Waals surface area contributed by atoms with Gasteiger partial charge in [-0.2, -0.15) is 0 Å². The Balaban J connectivity index is 1.89. The SMILES string of the molecule is COC(OC)c1cc2c(N3CCOC3=O)noc2c(F)c1N1CC(C)OC(C)C1. The van der Waals surface area contributed by atoms with Crippen LogP contribution in [0.15, 0.2) is 10.6 Å². The monoisotopic (exact) mass is 409 g/mol. The second kappa shape index (κ2) is 7.77. The summed E-state index contributed by atoms with van der Waals surface area (Å²) < 4.78 is 42.7. The lowest BCUT2D eigenvalue weighted by molar-refractivity contribution is -0.105. The number of morpholine rings is 1. The highest BCUT2D eigenvalue weighted by molar-refractivity contribution is 6.00. The Labute approximate surface area is 167 Å². The number of fused-ring (bicyclic) bond motifs is 1. The lowest BCUT2D eigenvalue weighted by Crippen LogP contribution is -2.46. The molecule has 2 atom stereocenters. The molecule has 1 amide bonds. The predicted molar refractivity (Wildman–Crippen MR) is 102 cm³/mol. The van der Waals surface area contributed by atoms with Crippen LogP contribution in [0.3, 0.4) is 0 Å². The van der Waals surface area contributed by atoms with Gasteiger partial charge in [-0.15, -0.1) is 0 Å². The average Bonchev–Trinajstić information content (AvgIpc) is 3.28. The topological polar surface area (TPSA) is 86.5 Å². The molecule has 1 aromatic heterocycles. The fourth-order valence-corrected chi connectivity index (χ4v) is 4.03. The molecule has 2 unspecified atom stereocenters. The van der Waals surface area contributed by atoms with E-state index in [4.69, 9.17) is 23.5 Å². The highest BCUT2D eigenvalue weighted by atomic mass is 19.1. The minimum Gasteiger partial charge on any atom is -0.447 e. The van der Waals surface area contributed by atoms with Crippen molar-refractivity contribution in [1.82, 2.24) is 5.16 Å². The van der Waals surface area contributed by atoms with E-state index in [9.17, 15) is 4.79 Å². The van der Waals surface area contributed by atoms with E-state index >= 15 is 4.39 Å². The minimum absolute atomic E-state index is 0.0313. The average molecular weight is 409 g/mol. The maximum atomic E-state index is 15.7. The van der Waals surface area contributed by atoms with Crippen LogP contribution >= 0.6 is 0 Å². The molecule has 2 aliphatic rings. The summed E-state index contributed by atoms with van der Waals surface area (Å²) in [4.78, 5) is 15.2. The number of amides is 1. The van der Waals surface area contributed by atoms with Gasteiger partial charge in [0.2, 0.25) is 5.58 Å². The summed E-state index contributed by atoms with van der Waals surface area (Å²) in [5, 5.41) is 4.30. The molecular formula is C19H24FN3O6. The summed E-state index contributed by atoms with van der Waals surface area (Å²) in [5.74, 6) is -0.368. The molecular weight excluding hydrogens is 385 g/mol. The molecule has 0 aliphatic carbocycles. The quantitative estimate of drug-likeness (QED) is 0.697. The molecule has 2 aliphatic heterocycles. The molecule has 29 heavy (non-hydrogen) atoms. The van der Waals surface area contributed by atoms with Gasteiger partial charge in [0, 0.05) is 32.9 Å². The van der Waals surface area contributed by atoms with Gasteiger partial charge in [-0.05, 0) is 19.9 Å². The third-order valence-corrected chi connectivity index (χ3v) is 5.12. The summed E-state index contributed by atoms with van der Waals surface area (Å²) >= 11 is 0. The van der Waals surface area contributed by atoms with E-state index in [1.165, 1.54) is 19.1 Å². The number of nitrogens with zero attached hydrogens (tertiary/aromatic N) is 3. The largest absolute Gasteiger partial charge is 0.447 e. The summed E-state index contributed by atoms with van der Waals surface area (Å²) in [7, 11) is 2.97. The molecule has 0 radical (unpaired) electrons. The molecule has 0 saturated carbocycles. The number of halogens is 1. The molecule has 1 aromatic carbocycles. The van der Waals surface area contributed by atoms with E-state index in [0.717, 1.165) is 0 Å². The molecule has 10 heteroatoms. The van der Waals surface area contributed by atoms with Gasteiger partial charge in [-0.3, -0.25) is 4.90 Å². The number of hydrogen-bond donors (Lipinski definition) is 0. The van der Waals surface area contributed by atoms with Crippen LogP contribution in [0.1, 0.15) is 25.7 Å². The Morgan fingerprint density at radius 3 is 2.52 bits per heavy atom. The minimum atomic E-state index is -0.814. The summed E-state index contributed by atoms with van der Waals surface area (Å²) in [6.45, 7) is 5.43. The number of hydrogen-bond acceptors (Lipinski definition) is 8. The predicted octanol–water partition coefficient (Wildman–Crippen LogP) is 2.83. The molecule has 2 fully saturated rings. The van der Waals surface area contributed by atoms with Gasteiger partial charge in [-0.1, -0.05) is 5.16 Å². The first kappa shape index (κ1) is 19.9. The van der Waals surface area contributed by atoms with Gasteiger partial charge in [0.25, 0.3) is 0 Å². The first-order chi connectivity index (χ1) is 13.9. The van der Waals surface area contributed by atoms with E-state index in [-0.39, 0.29) is 30.2 Å². The maximum Gasteiger partial charge on any atom is 0.415 e. The standard InChI is InChI=1S/C19H24FN3O6/c1-10-8-22(9-11(2)28-10)15-12(18(25-3)26-4)7-13-16(14(15)20)29-21-17(13)23-5-6-27-19(23)24/h7,10-11,18H,5-6,8-9H2,1-4H3. The van der Waals surface area contributed by atoms with Crippen LogP contribution in [0.25, 0.3) is 11.0 Å². The first-order valence-corrected chi connectivity index (χ1v) is 9.46. The number of ether oxygens (including phenoxy) is 4. The Hall–Kier alpha value is -2.43. The fourth-order valence-electron chi connectivity index (χ4n) is 4.03. The van der Waals surface area contributed by atoms with E-state index in [2.05, 4.69) is 5.16 Å². The van der Waals surface area contributed by atoms with E-state index in [0.29, 0.717) is 36.3 Å². The van der Waals surface area contributed by atoms with Crippen LogP contribution in [0.4, 0.5) is 20.7 Å². The van der Waals surface area contributed by atoms with Gasteiger partial charge >= 0.3 is 6.09 Å². The molecule has 0 N–H and O–H groups in total. The Bertz CT molecular complexity index is 905. The number of carbonyl (C=O) groups excluding carboxylic acids is 1. The second-order valence-corrected chi connectivity index (χ2v) is 7.24. The Morgan fingerprint density at radius 2 is 1.93 bits per heavy atom. The van der Waals surface area contributed by atoms with Crippen molar-refractivity contribution in [2.75, 3.05) is 50.3 Å². The van der Waals surface area contributed by atoms with Crippen LogP contribution in [0, 0.1) is 5.82 Å². The van der Waals surface area contributed by atoms with Crippen molar-refractivity contribution in [3.63, 3.8) is 0 Å². The van der Waals surface area contributed by atoms with Crippen molar-refractivity contribution in [3.8, 4) is 0 Å². The number of aromatic nitrogens is 1. The lowest BCUT2D eigenvalue weighted by Gasteiger charge is -2.38. The third-order valence-electron chi connectivity index (χ3n) is 5.12. The number of rotatable bonds is 5. The molecule has 9 nitrogen and oxygen atoms in total. The maximum absolute atomic E-state index is 15.7. The number of benzene rings is 1. The molecule has 3 heterocycles. The van der Waals surface area contributed by atoms with Gasteiger partial charge in [0.15, 0.2) is 17.9 Å². The summed E-state index contributed by atoms with van der Waals surface area (Å²) in [6.07, 6.45) is -1.51. The number of cyclic esters (lactones) is 1.